The molecule has 21 heavy (non-hydrogen) atoms. The summed E-state index contributed by atoms with van der Waals surface area (Å²) < 4.78 is 19.0. The van der Waals surface area contributed by atoms with E-state index in [2.05, 4.69) is 30.8 Å². The van der Waals surface area contributed by atoms with Crippen molar-refractivity contribution in [2.75, 3.05) is 24.8 Å². The summed E-state index contributed by atoms with van der Waals surface area (Å²) in [7, 11) is 3.22. The largest absolute Gasteiger partial charge is 0.497 e. The lowest BCUT2D eigenvalue weighted by molar-refractivity contribution is 0.414. The Bertz CT molecular complexity index is 787. The lowest BCUT2D eigenvalue weighted by atomic mass is 10.2. The van der Waals surface area contributed by atoms with E-state index in [9.17, 15) is 4.39 Å². The molecule has 8 heteroatoms. The SMILES string of the molecule is CNc1nc(Nc2cc(OC)ccc2F)c2cn[nH]c2n1. The second kappa shape index (κ2) is 5.23. The number of benzene rings is 1. The Balaban J connectivity index is 2.07. The third kappa shape index (κ3) is 2.42. The van der Waals surface area contributed by atoms with Gasteiger partial charge in [0.1, 0.15) is 17.4 Å². The van der Waals surface area contributed by atoms with Crippen LogP contribution in [0.3, 0.4) is 0 Å². The molecule has 3 N–H and O–H groups in total. The summed E-state index contributed by atoms with van der Waals surface area (Å²) in [6.45, 7) is 0. The van der Waals surface area contributed by atoms with Crippen molar-refractivity contribution in [3.8, 4) is 5.75 Å². The Labute approximate surface area is 119 Å². The molecule has 0 aliphatic carbocycles. The summed E-state index contributed by atoms with van der Waals surface area (Å²) in [6.07, 6.45) is 1.58. The maximum absolute atomic E-state index is 13.9. The van der Waals surface area contributed by atoms with Gasteiger partial charge in [-0.05, 0) is 12.1 Å². The van der Waals surface area contributed by atoms with Crippen LogP contribution in [0.15, 0.2) is 24.4 Å². The third-order valence-corrected chi connectivity index (χ3v) is 2.96. The smallest absolute Gasteiger partial charge is 0.226 e. The van der Waals surface area contributed by atoms with E-state index in [1.807, 2.05) is 0 Å². The zero-order valence-electron chi connectivity index (χ0n) is 11.4. The molecule has 0 aliphatic rings. The van der Waals surface area contributed by atoms with E-state index in [1.165, 1.54) is 13.2 Å². The van der Waals surface area contributed by atoms with Gasteiger partial charge in [0.15, 0.2) is 5.65 Å². The van der Waals surface area contributed by atoms with E-state index in [0.29, 0.717) is 28.5 Å². The number of ether oxygens (including phenoxy) is 1. The molecule has 0 radical (unpaired) electrons. The molecule has 0 unspecified atom stereocenters. The molecule has 0 saturated carbocycles. The predicted molar refractivity (Wildman–Crippen MR) is 77.5 cm³/mol. The van der Waals surface area contributed by atoms with Crippen LogP contribution in [0.4, 0.5) is 21.8 Å². The maximum Gasteiger partial charge on any atom is 0.226 e. The number of nitrogens with one attached hydrogen (secondary N) is 3. The maximum atomic E-state index is 13.9. The molecule has 0 spiro atoms. The first-order chi connectivity index (χ1) is 10.2. The minimum Gasteiger partial charge on any atom is -0.497 e. The van der Waals surface area contributed by atoms with Gasteiger partial charge in [-0.1, -0.05) is 0 Å². The van der Waals surface area contributed by atoms with Crippen molar-refractivity contribution in [3.63, 3.8) is 0 Å². The van der Waals surface area contributed by atoms with Gasteiger partial charge in [0, 0.05) is 13.1 Å². The molecule has 108 valence electrons. The quantitative estimate of drug-likeness (QED) is 0.682. The first-order valence-electron chi connectivity index (χ1n) is 6.20. The molecule has 0 aliphatic heterocycles. The number of hydrogen-bond donors (Lipinski definition) is 3. The minimum absolute atomic E-state index is 0.262. The van der Waals surface area contributed by atoms with Crippen LogP contribution in [-0.2, 0) is 0 Å². The van der Waals surface area contributed by atoms with E-state index in [1.54, 1.807) is 25.4 Å². The molecule has 0 fully saturated rings. The number of aromatic amines is 1. The Morgan fingerprint density at radius 2 is 2.14 bits per heavy atom. The molecule has 1 aromatic carbocycles. The number of halogens is 1. The van der Waals surface area contributed by atoms with Crippen LogP contribution in [0.25, 0.3) is 11.0 Å². The Kier molecular flexibility index (Phi) is 3.27. The summed E-state index contributed by atoms with van der Waals surface area (Å²) in [6, 6.07) is 4.43. The molecule has 3 aromatic rings. The number of aromatic nitrogens is 4. The summed E-state index contributed by atoms with van der Waals surface area (Å²) in [5.74, 6) is 0.991. The number of hydrogen-bond acceptors (Lipinski definition) is 6. The number of methoxy groups -OCH3 is 1. The van der Waals surface area contributed by atoms with Crippen molar-refractivity contribution in [1.82, 2.24) is 20.2 Å². The van der Waals surface area contributed by atoms with Crippen LogP contribution in [0, 0.1) is 5.82 Å². The number of rotatable bonds is 4. The fraction of sp³-hybridized carbons (Fsp3) is 0.154. The van der Waals surface area contributed by atoms with Gasteiger partial charge in [0.25, 0.3) is 0 Å². The van der Waals surface area contributed by atoms with E-state index in [0.717, 1.165) is 0 Å². The first-order valence-corrected chi connectivity index (χ1v) is 6.20. The van der Waals surface area contributed by atoms with Gasteiger partial charge in [-0.25, -0.2) is 4.39 Å². The van der Waals surface area contributed by atoms with Crippen LogP contribution < -0.4 is 15.4 Å². The number of nitrogens with zero attached hydrogens (tertiary/aromatic N) is 3. The van der Waals surface area contributed by atoms with Crippen molar-refractivity contribution in [3.05, 3.63) is 30.2 Å². The second-order valence-electron chi connectivity index (χ2n) is 4.25. The number of fused-ring (bicyclic) bond motifs is 1. The highest BCUT2D eigenvalue weighted by Gasteiger charge is 2.11. The summed E-state index contributed by atoms with van der Waals surface area (Å²) in [5, 5.41) is 13.1. The predicted octanol–water partition coefficient (Wildman–Crippen LogP) is 2.29. The van der Waals surface area contributed by atoms with Gasteiger partial charge in [0.2, 0.25) is 5.95 Å². The highest BCUT2D eigenvalue weighted by molar-refractivity contribution is 5.89. The molecular weight excluding hydrogens is 275 g/mol. The van der Waals surface area contributed by atoms with Gasteiger partial charge < -0.3 is 15.4 Å². The average molecular weight is 288 g/mol. The minimum atomic E-state index is -0.405. The van der Waals surface area contributed by atoms with Gasteiger partial charge in [0.05, 0.1) is 24.4 Å². The molecule has 0 amide bonds. The van der Waals surface area contributed by atoms with E-state index in [4.69, 9.17) is 4.74 Å². The van der Waals surface area contributed by atoms with Crippen LogP contribution >= 0.6 is 0 Å². The number of H-pyrrole nitrogens is 1. The molecule has 0 saturated heterocycles. The van der Waals surface area contributed by atoms with Crippen LogP contribution in [0.2, 0.25) is 0 Å². The molecule has 7 nitrogen and oxygen atoms in total. The Morgan fingerprint density at radius 1 is 1.29 bits per heavy atom. The van der Waals surface area contributed by atoms with Crippen molar-refractivity contribution in [2.24, 2.45) is 0 Å². The van der Waals surface area contributed by atoms with Crippen molar-refractivity contribution < 1.29 is 9.13 Å². The van der Waals surface area contributed by atoms with E-state index in [-0.39, 0.29) is 5.69 Å². The fourth-order valence-electron chi connectivity index (χ4n) is 1.90. The van der Waals surface area contributed by atoms with Gasteiger partial charge in [-0.2, -0.15) is 15.1 Å². The Morgan fingerprint density at radius 3 is 2.90 bits per heavy atom. The molecule has 3 rings (SSSR count). The highest BCUT2D eigenvalue weighted by Crippen LogP contribution is 2.27. The fourth-order valence-corrected chi connectivity index (χ4v) is 1.90. The van der Waals surface area contributed by atoms with Crippen LogP contribution in [0.1, 0.15) is 0 Å². The molecular formula is C13H13FN6O. The zero-order valence-corrected chi connectivity index (χ0v) is 11.4. The summed E-state index contributed by atoms with van der Waals surface area (Å²) in [5.41, 5.74) is 0.817. The zero-order chi connectivity index (χ0) is 14.8. The van der Waals surface area contributed by atoms with Gasteiger partial charge >= 0.3 is 0 Å². The molecule has 0 atom stereocenters. The first kappa shape index (κ1) is 13.1. The monoisotopic (exact) mass is 288 g/mol. The normalized spacial score (nSPS) is 10.6. The van der Waals surface area contributed by atoms with Crippen molar-refractivity contribution >= 4 is 28.5 Å². The van der Waals surface area contributed by atoms with Gasteiger partial charge in [-0.15, -0.1) is 0 Å². The van der Waals surface area contributed by atoms with E-state index >= 15 is 0 Å². The van der Waals surface area contributed by atoms with Crippen LogP contribution in [0.5, 0.6) is 5.75 Å². The lowest BCUT2D eigenvalue weighted by Gasteiger charge is -2.10. The third-order valence-electron chi connectivity index (χ3n) is 2.96. The topological polar surface area (TPSA) is 87.8 Å². The van der Waals surface area contributed by atoms with Gasteiger partial charge in [-0.3, -0.25) is 5.10 Å². The van der Waals surface area contributed by atoms with Crippen LogP contribution in [-0.4, -0.2) is 34.3 Å². The molecule has 0 bridgehead atoms. The summed E-state index contributed by atoms with van der Waals surface area (Å²) in [4.78, 5) is 8.50. The van der Waals surface area contributed by atoms with Crippen molar-refractivity contribution in [1.29, 1.82) is 0 Å². The average Bonchev–Trinajstić information content (AvgIpc) is 2.98. The molecule has 2 aromatic heterocycles. The highest BCUT2D eigenvalue weighted by atomic mass is 19.1. The second-order valence-corrected chi connectivity index (χ2v) is 4.25. The standard InChI is InChI=1S/C13H13FN6O/c1-15-13-18-11(8-6-16-20-12(8)19-13)17-10-5-7(21-2)3-4-9(10)14/h3-6H,1-2H3,(H3,15,16,17,18,19,20). The van der Waals surface area contributed by atoms with E-state index < -0.39 is 5.82 Å². The Hall–Kier alpha value is -2.90. The summed E-state index contributed by atoms with van der Waals surface area (Å²) >= 11 is 0. The lowest BCUT2D eigenvalue weighted by Crippen LogP contribution is -2.02. The van der Waals surface area contributed by atoms with Crippen molar-refractivity contribution in [2.45, 2.75) is 0 Å². The number of anilines is 3. The molecule has 2 heterocycles.